The number of aromatic amines is 2. The number of fused-ring (bicyclic) bond motifs is 2. The molecule has 0 aliphatic rings. The van der Waals surface area contributed by atoms with Gasteiger partial charge in [0, 0.05) is 45.2 Å². The van der Waals surface area contributed by atoms with Gasteiger partial charge in [0.2, 0.25) is 5.91 Å². The van der Waals surface area contributed by atoms with Crippen molar-refractivity contribution in [1.29, 1.82) is 0 Å². The van der Waals surface area contributed by atoms with Crippen molar-refractivity contribution < 1.29 is 4.79 Å². The molecular formula is C34H40N10O3. The summed E-state index contributed by atoms with van der Waals surface area (Å²) in [6.45, 7) is 5.63. The number of nitrogens with zero attached hydrogens (tertiary/aromatic N) is 6. The van der Waals surface area contributed by atoms with Crippen LogP contribution < -0.4 is 22.2 Å². The van der Waals surface area contributed by atoms with Gasteiger partial charge < -0.3 is 21.0 Å². The largest absolute Gasteiger partial charge is 0.399 e. The number of carbonyl (C=O) groups excluding carboxylic acids is 1. The number of rotatable bonds is 9. The maximum Gasteiger partial charge on any atom is 0.277 e. The highest BCUT2D eigenvalue weighted by Crippen LogP contribution is 2.17. The quantitative estimate of drug-likeness (QED) is 0.172. The summed E-state index contributed by atoms with van der Waals surface area (Å²) in [6, 6.07) is 15.1. The van der Waals surface area contributed by atoms with Crippen molar-refractivity contribution in [2.45, 2.75) is 59.3 Å². The Bertz CT molecular complexity index is 2140. The van der Waals surface area contributed by atoms with E-state index in [1.54, 1.807) is 23.5 Å². The first-order valence-electron chi connectivity index (χ1n) is 15.7. The standard InChI is InChI=1S/C18H21N5O2.C16H19N5O/c1-4-5-14-16-17(23(3)22-14)18(25)21-15(20-16)10-12-6-8-13(9-7-12)19-11(2)24;1-3-4-12-14-15(21(2)20-12)16(22)19-13(18-14)9-10-5-7-11(17)8-6-10/h6-9H,4-5,10H2,1-3H3,(H,19,24)(H,20,21,25);5-8H,3-4,9,17H2,1-2H3,(H,18,19,22). The number of H-pyrrole nitrogens is 2. The molecule has 244 valence electrons. The van der Waals surface area contributed by atoms with E-state index in [9.17, 15) is 14.4 Å². The van der Waals surface area contributed by atoms with Gasteiger partial charge in [-0.05, 0) is 48.2 Å². The normalized spacial score (nSPS) is 11.1. The van der Waals surface area contributed by atoms with Crippen LogP contribution >= 0.6 is 0 Å². The van der Waals surface area contributed by atoms with E-state index in [-0.39, 0.29) is 17.0 Å². The number of benzene rings is 2. The summed E-state index contributed by atoms with van der Waals surface area (Å²) in [5.74, 6) is 1.15. The van der Waals surface area contributed by atoms with Crippen LogP contribution in [0.3, 0.4) is 0 Å². The summed E-state index contributed by atoms with van der Waals surface area (Å²) >= 11 is 0. The highest BCUT2D eigenvalue weighted by Gasteiger charge is 2.16. The van der Waals surface area contributed by atoms with E-state index in [0.29, 0.717) is 46.6 Å². The highest BCUT2D eigenvalue weighted by atomic mass is 16.1. The van der Waals surface area contributed by atoms with Crippen LogP contribution in [-0.2, 0) is 44.6 Å². The van der Waals surface area contributed by atoms with Crippen molar-refractivity contribution in [3.05, 3.63) is 103 Å². The van der Waals surface area contributed by atoms with E-state index < -0.39 is 0 Å². The fourth-order valence-corrected chi connectivity index (χ4v) is 5.50. The molecule has 0 saturated heterocycles. The average Bonchev–Trinajstić information content (AvgIpc) is 3.51. The molecule has 0 aliphatic heterocycles. The van der Waals surface area contributed by atoms with Gasteiger partial charge in [0.15, 0.2) is 11.0 Å². The minimum Gasteiger partial charge on any atom is -0.399 e. The second kappa shape index (κ2) is 14.2. The van der Waals surface area contributed by atoms with E-state index >= 15 is 0 Å². The molecule has 0 bridgehead atoms. The number of aromatic nitrogens is 8. The Morgan fingerprint density at radius 2 is 1.17 bits per heavy atom. The SMILES string of the molecule is CCCc1nn(C)c2c(=O)[nH]c(Cc3ccc(N)cc3)nc12.CCCc1nn(C)c2c(=O)[nH]c(Cc3ccc(NC(C)=O)cc3)nc12. The van der Waals surface area contributed by atoms with Gasteiger partial charge in [0.25, 0.3) is 11.1 Å². The minimum atomic E-state index is -0.174. The van der Waals surface area contributed by atoms with Gasteiger partial charge in [0.05, 0.1) is 11.4 Å². The molecule has 0 fully saturated rings. The van der Waals surface area contributed by atoms with Crippen molar-refractivity contribution in [1.82, 2.24) is 39.5 Å². The smallest absolute Gasteiger partial charge is 0.277 e. The zero-order valence-electron chi connectivity index (χ0n) is 27.3. The number of anilines is 2. The lowest BCUT2D eigenvalue weighted by Gasteiger charge is -2.05. The maximum absolute atomic E-state index is 12.4. The molecule has 5 N–H and O–H groups in total. The maximum atomic E-state index is 12.4. The molecule has 4 aromatic heterocycles. The van der Waals surface area contributed by atoms with Crippen LogP contribution in [-0.4, -0.2) is 45.4 Å². The van der Waals surface area contributed by atoms with Crippen LogP contribution in [0.5, 0.6) is 0 Å². The molecule has 6 rings (SSSR count). The zero-order valence-corrected chi connectivity index (χ0v) is 27.3. The highest BCUT2D eigenvalue weighted by molar-refractivity contribution is 5.88. The van der Waals surface area contributed by atoms with E-state index in [1.165, 1.54) is 6.92 Å². The monoisotopic (exact) mass is 636 g/mol. The molecule has 0 saturated carbocycles. The lowest BCUT2D eigenvalue weighted by Crippen LogP contribution is -2.14. The number of nitrogen functional groups attached to an aromatic ring is 1. The van der Waals surface area contributed by atoms with Crippen molar-refractivity contribution in [3.8, 4) is 0 Å². The van der Waals surface area contributed by atoms with Crippen molar-refractivity contribution >= 4 is 39.3 Å². The summed E-state index contributed by atoms with van der Waals surface area (Å²) in [4.78, 5) is 50.7. The Hall–Kier alpha value is -5.59. The van der Waals surface area contributed by atoms with E-state index in [1.807, 2.05) is 48.5 Å². The number of hydrogen-bond donors (Lipinski definition) is 4. The summed E-state index contributed by atoms with van der Waals surface area (Å²) in [5, 5.41) is 11.6. The Morgan fingerprint density at radius 3 is 1.57 bits per heavy atom. The van der Waals surface area contributed by atoms with Crippen LogP contribution in [0.4, 0.5) is 11.4 Å². The second-order valence-electron chi connectivity index (χ2n) is 11.5. The van der Waals surface area contributed by atoms with Gasteiger partial charge in [-0.25, -0.2) is 9.97 Å². The van der Waals surface area contributed by atoms with Crippen molar-refractivity contribution in [2.75, 3.05) is 11.1 Å². The van der Waals surface area contributed by atoms with Gasteiger partial charge in [-0.3, -0.25) is 23.7 Å². The summed E-state index contributed by atoms with van der Waals surface area (Å²) in [6.07, 6.45) is 4.58. The average molecular weight is 637 g/mol. The number of nitrogens with one attached hydrogen (secondary N) is 3. The summed E-state index contributed by atoms with van der Waals surface area (Å²) in [7, 11) is 3.54. The number of amides is 1. The van der Waals surface area contributed by atoms with Gasteiger partial charge in [-0.2, -0.15) is 10.2 Å². The molecule has 0 unspecified atom stereocenters. The molecular weight excluding hydrogens is 596 g/mol. The first-order valence-corrected chi connectivity index (χ1v) is 15.7. The zero-order chi connectivity index (χ0) is 33.7. The van der Waals surface area contributed by atoms with E-state index in [0.717, 1.165) is 59.6 Å². The van der Waals surface area contributed by atoms with E-state index in [4.69, 9.17) is 5.73 Å². The van der Waals surface area contributed by atoms with Crippen LogP contribution in [0.2, 0.25) is 0 Å². The van der Waals surface area contributed by atoms with Gasteiger partial charge in [-0.1, -0.05) is 51.0 Å². The summed E-state index contributed by atoms with van der Waals surface area (Å²) < 4.78 is 3.21. The third kappa shape index (κ3) is 7.63. The van der Waals surface area contributed by atoms with Crippen LogP contribution in [0.25, 0.3) is 22.1 Å². The molecule has 4 heterocycles. The van der Waals surface area contributed by atoms with Gasteiger partial charge >= 0.3 is 0 Å². The molecule has 13 nitrogen and oxygen atoms in total. The number of nitrogens with two attached hydrogens (primary N) is 1. The van der Waals surface area contributed by atoms with Crippen LogP contribution in [0.1, 0.15) is 67.8 Å². The van der Waals surface area contributed by atoms with Crippen LogP contribution in [0, 0.1) is 0 Å². The Morgan fingerprint density at radius 1 is 0.745 bits per heavy atom. The molecule has 0 atom stereocenters. The van der Waals surface area contributed by atoms with E-state index in [2.05, 4.69) is 49.3 Å². The van der Waals surface area contributed by atoms with Crippen molar-refractivity contribution in [3.63, 3.8) is 0 Å². The predicted molar refractivity (Wildman–Crippen MR) is 183 cm³/mol. The fraction of sp³-hybridized carbons (Fsp3) is 0.324. The third-order valence-corrected chi connectivity index (χ3v) is 7.59. The Kier molecular flexibility index (Phi) is 9.93. The Balaban J connectivity index is 0.000000186. The molecule has 0 aliphatic carbocycles. The molecule has 1 amide bonds. The molecule has 0 radical (unpaired) electrons. The molecule has 2 aromatic carbocycles. The Labute approximate surface area is 271 Å². The molecule has 0 spiro atoms. The molecule has 47 heavy (non-hydrogen) atoms. The third-order valence-electron chi connectivity index (χ3n) is 7.59. The first kappa shape index (κ1) is 32.8. The molecule has 6 aromatic rings. The first-order chi connectivity index (χ1) is 22.6. The molecule has 13 heteroatoms. The fourth-order valence-electron chi connectivity index (χ4n) is 5.50. The van der Waals surface area contributed by atoms with Crippen LogP contribution in [0.15, 0.2) is 58.1 Å². The number of aryl methyl sites for hydroxylation is 4. The lowest BCUT2D eigenvalue weighted by atomic mass is 10.1. The number of hydrogen-bond acceptors (Lipinski definition) is 8. The van der Waals surface area contributed by atoms with Gasteiger partial charge in [0.1, 0.15) is 22.7 Å². The predicted octanol–water partition coefficient (Wildman–Crippen LogP) is 3.94. The minimum absolute atomic E-state index is 0.107. The topological polar surface area (TPSA) is 182 Å². The summed E-state index contributed by atoms with van der Waals surface area (Å²) in [5.41, 5.74) is 13.0. The second-order valence-corrected chi connectivity index (χ2v) is 11.5. The van der Waals surface area contributed by atoms with Gasteiger partial charge in [-0.15, -0.1) is 0 Å². The lowest BCUT2D eigenvalue weighted by molar-refractivity contribution is -0.114. The number of carbonyl (C=O) groups is 1. The van der Waals surface area contributed by atoms with Crippen molar-refractivity contribution in [2.24, 2.45) is 14.1 Å².